The monoisotopic (exact) mass is 470 g/mol. The SMILES string of the molecule is O=C1OC2(CCN(Cc3cccnc3)CC2)CN1C[C@H]1CC[C@H](C(=O)NCC2CCCO2)CC1. The molecule has 0 bridgehead atoms. The van der Waals surface area contributed by atoms with Crippen molar-refractivity contribution >= 4 is 12.0 Å². The third-order valence-corrected chi connectivity index (χ3v) is 8.16. The lowest BCUT2D eigenvalue weighted by Gasteiger charge is -2.37. The summed E-state index contributed by atoms with van der Waals surface area (Å²) < 4.78 is 11.6. The number of carbonyl (C=O) groups is 2. The molecule has 1 unspecified atom stereocenters. The van der Waals surface area contributed by atoms with Gasteiger partial charge in [-0.1, -0.05) is 6.07 Å². The van der Waals surface area contributed by atoms with Crippen molar-refractivity contribution in [2.45, 2.75) is 69.6 Å². The van der Waals surface area contributed by atoms with Crippen LogP contribution in [0.1, 0.15) is 56.9 Å². The first-order valence-electron chi connectivity index (χ1n) is 13.1. The molecule has 0 aromatic carbocycles. The second-order valence-electron chi connectivity index (χ2n) is 10.7. The summed E-state index contributed by atoms with van der Waals surface area (Å²) in [5.74, 6) is 0.723. The number of carbonyl (C=O) groups excluding carboxylic acids is 2. The van der Waals surface area contributed by atoms with Crippen LogP contribution in [0.5, 0.6) is 0 Å². The molecule has 1 saturated carbocycles. The third kappa shape index (κ3) is 5.71. The minimum absolute atomic E-state index is 0.0960. The fourth-order valence-electron chi connectivity index (χ4n) is 6.05. The minimum Gasteiger partial charge on any atom is -0.441 e. The summed E-state index contributed by atoms with van der Waals surface area (Å²) in [6.07, 6.45) is 11.5. The molecule has 4 fully saturated rings. The highest BCUT2D eigenvalue weighted by Crippen LogP contribution is 2.36. The lowest BCUT2D eigenvalue weighted by molar-refractivity contribution is -0.126. The average molecular weight is 471 g/mol. The number of hydrogen-bond donors (Lipinski definition) is 1. The molecule has 4 aliphatic rings. The van der Waals surface area contributed by atoms with E-state index in [1.807, 2.05) is 17.2 Å². The largest absolute Gasteiger partial charge is 0.441 e. The molecule has 1 N–H and O–H groups in total. The summed E-state index contributed by atoms with van der Waals surface area (Å²) in [5.41, 5.74) is 0.890. The van der Waals surface area contributed by atoms with Gasteiger partial charge in [0.15, 0.2) is 0 Å². The van der Waals surface area contributed by atoms with Crippen LogP contribution in [0.3, 0.4) is 0 Å². The van der Waals surface area contributed by atoms with Crippen LogP contribution in [-0.4, -0.2) is 77.8 Å². The van der Waals surface area contributed by atoms with Crippen molar-refractivity contribution in [1.29, 1.82) is 0 Å². The second-order valence-corrected chi connectivity index (χ2v) is 10.7. The van der Waals surface area contributed by atoms with Crippen LogP contribution in [0, 0.1) is 11.8 Å². The molecule has 3 saturated heterocycles. The van der Waals surface area contributed by atoms with Crippen molar-refractivity contribution in [3.05, 3.63) is 30.1 Å². The van der Waals surface area contributed by atoms with E-state index in [0.717, 1.165) is 84.2 Å². The molecule has 1 spiro atoms. The number of aromatic nitrogens is 1. The highest BCUT2D eigenvalue weighted by molar-refractivity contribution is 5.78. The number of nitrogens with zero attached hydrogens (tertiary/aromatic N) is 3. The summed E-state index contributed by atoms with van der Waals surface area (Å²) in [5, 5.41) is 3.09. The number of ether oxygens (including phenoxy) is 2. The van der Waals surface area contributed by atoms with Gasteiger partial charge in [-0.3, -0.25) is 14.7 Å². The number of pyridine rings is 1. The van der Waals surface area contributed by atoms with Crippen molar-refractivity contribution < 1.29 is 19.1 Å². The molecule has 0 radical (unpaired) electrons. The Morgan fingerprint density at radius 3 is 2.71 bits per heavy atom. The number of rotatable bonds is 7. The summed E-state index contributed by atoms with van der Waals surface area (Å²) in [4.78, 5) is 33.8. The maximum Gasteiger partial charge on any atom is 0.410 e. The molecular weight excluding hydrogens is 432 g/mol. The fourth-order valence-corrected chi connectivity index (χ4v) is 6.05. The van der Waals surface area contributed by atoms with Gasteiger partial charge < -0.3 is 19.7 Å². The zero-order valence-corrected chi connectivity index (χ0v) is 20.1. The van der Waals surface area contributed by atoms with Crippen molar-refractivity contribution in [3.8, 4) is 0 Å². The van der Waals surface area contributed by atoms with Crippen molar-refractivity contribution in [2.24, 2.45) is 11.8 Å². The summed E-state index contributed by atoms with van der Waals surface area (Å²) >= 11 is 0. The molecular formula is C26H38N4O4. The van der Waals surface area contributed by atoms with Gasteiger partial charge in [0, 0.05) is 70.5 Å². The van der Waals surface area contributed by atoms with E-state index in [4.69, 9.17) is 9.47 Å². The quantitative estimate of drug-likeness (QED) is 0.660. The molecule has 8 heteroatoms. The topological polar surface area (TPSA) is 84.0 Å². The Hall–Kier alpha value is -2.19. The van der Waals surface area contributed by atoms with Crippen LogP contribution in [0.4, 0.5) is 4.79 Å². The molecule has 4 heterocycles. The smallest absolute Gasteiger partial charge is 0.410 e. The molecule has 2 amide bonds. The van der Waals surface area contributed by atoms with Gasteiger partial charge in [0.05, 0.1) is 12.6 Å². The first-order valence-corrected chi connectivity index (χ1v) is 13.1. The van der Waals surface area contributed by atoms with E-state index < -0.39 is 0 Å². The number of piperidine rings is 1. The van der Waals surface area contributed by atoms with E-state index in [1.165, 1.54) is 5.56 Å². The van der Waals surface area contributed by atoms with E-state index in [2.05, 4.69) is 21.3 Å². The van der Waals surface area contributed by atoms with E-state index in [9.17, 15) is 9.59 Å². The van der Waals surface area contributed by atoms with E-state index in [-0.39, 0.29) is 29.6 Å². The van der Waals surface area contributed by atoms with Gasteiger partial charge in [-0.25, -0.2) is 4.79 Å². The van der Waals surface area contributed by atoms with E-state index in [0.29, 0.717) is 19.0 Å². The van der Waals surface area contributed by atoms with Crippen molar-refractivity contribution in [1.82, 2.24) is 20.1 Å². The lowest BCUT2D eigenvalue weighted by atomic mass is 9.81. The predicted molar refractivity (Wildman–Crippen MR) is 127 cm³/mol. The predicted octanol–water partition coefficient (Wildman–Crippen LogP) is 2.97. The third-order valence-electron chi connectivity index (χ3n) is 8.16. The van der Waals surface area contributed by atoms with Gasteiger partial charge >= 0.3 is 6.09 Å². The van der Waals surface area contributed by atoms with Gasteiger partial charge in [0.2, 0.25) is 5.91 Å². The van der Waals surface area contributed by atoms with Crippen LogP contribution in [0.15, 0.2) is 24.5 Å². The Bertz CT molecular complexity index is 828. The molecule has 1 aromatic rings. The first-order chi connectivity index (χ1) is 16.6. The second kappa shape index (κ2) is 10.6. The molecule has 34 heavy (non-hydrogen) atoms. The van der Waals surface area contributed by atoms with Gasteiger partial charge in [-0.05, 0) is 56.1 Å². The Morgan fingerprint density at radius 1 is 1.18 bits per heavy atom. The fraction of sp³-hybridized carbons (Fsp3) is 0.731. The summed E-state index contributed by atoms with van der Waals surface area (Å²) in [6.45, 7) is 5.67. The maximum atomic E-state index is 12.7. The average Bonchev–Trinajstić information content (AvgIpc) is 3.48. The standard InChI is InChI=1S/C26H38N4O4/c31-24(28-16-23-4-2-14-33-23)22-7-5-20(6-8-22)18-30-19-26(34-25(30)32)9-12-29(13-10-26)17-21-3-1-11-27-15-21/h1,3,11,15,20,22-23H,2,4-10,12-14,16-19H2,(H,28,31)/t20-,22-,23?. The number of nitrogens with one attached hydrogen (secondary N) is 1. The van der Waals surface area contributed by atoms with Gasteiger partial charge in [0.1, 0.15) is 5.60 Å². The van der Waals surface area contributed by atoms with Crippen molar-refractivity contribution in [3.63, 3.8) is 0 Å². The van der Waals surface area contributed by atoms with Gasteiger partial charge in [0.25, 0.3) is 0 Å². The Labute approximate surface area is 202 Å². The molecule has 1 aliphatic carbocycles. The maximum absolute atomic E-state index is 12.7. The van der Waals surface area contributed by atoms with Crippen LogP contribution >= 0.6 is 0 Å². The minimum atomic E-state index is -0.331. The molecule has 186 valence electrons. The summed E-state index contributed by atoms with van der Waals surface area (Å²) in [7, 11) is 0. The van der Waals surface area contributed by atoms with Crippen LogP contribution < -0.4 is 5.32 Å². The van der Waals surface area contributed by atoms with Crippen LogP contribution in [0.2, 0.25) is 0 Å². The molecule has 1 aromatic heterocycles. The molecule has 8 nitrogen and oxygen atoms in total. The normalized spacial score (nSPS) is 29.4. The zero-order chi connectivity index (χ0) is 23.4. The highest BCUT2D eigenvalue weighted by Gasteiger charge is 2.47. The number of amides is 2. The lowest BCUT2D eigenvalue weighted by Crippen LogP contribution is -2.47. The Kier molecular flexibility index (Phi) is 7.34. The molecule has 1 atom stereocenters. The number of hydrogen-bond acceptors (Lipinski definition) is 6. The first kappa shape index (κ1) is 23.5. The van der Waals surface area contributed by atoms with Gasteiger partial charge in [-0.15, -0.1) is 0 Å². The Morgan fingerprint density at radius 2 is 2.00 bits per heavy atom. The van der Waals surface area contributed by atoms with Crippen LogP contribution in [0.25, 0.3) is 0 Å². The highest BCUT2D eigenvalue weighted by atomic mass is 16.6. The number of likely N-dealkylation sites (tertiary alicyclic amines) is 1. The molecule has 3 aliphatic heterocycles. The van der Waals surface area contributed by atoms with E-state index in [1.54, 1.807) is 6.20 Å². The van der Waals surface area contributed by atoms with Crippen molar-refractivity contribution in [2.75, 3.05) is 39.3 Å². The molecule has 5 rings (SSSR count). The zero-order valence-electron chi connectivity index (χ0n) is 20.1. The Balaban J connectivity index is 1.03. The van der Waals surface area contributed by atoms with Gasteiger partial charge in [-0.2, -0.15) is 0 Å². The van der Waals surface area contributed by atoms with E-state index >= 15 is 0 Å². The van der Waals surface area contributed by atoms with Crippen LogP contribution in [-0.2, 0) is 20.8 Å². The summed E-state index contributed by atoms with van der Waals surface area (Å²) in [6, 6.07) is 4.08.